The number of hydrogen-bond donors (Lipinski definition) is 0. The van der Waals surface area contributed by atoms with Crippen molar-refractivity contribution in [3.8, 4) is 11.1 Å². The SMILES string of the molecule is Cc1ccc2c(c1)[CH]([Zr]([C]1=C(c3ccccc3)C=C(c3ccccc3)C1)=[C](c1ccccc1)c1ccccc1)c1cc(C)ccc1-2. The number of rotatable bonds is 6. The van der Waals surface area contributed by atoms with E-state index in [0.29, 0.717) is 3.63 Å². The van der Waals surface area contributed by atoms with Gasteiger partial charge in [0, 0.05) is 0 Å². The second-order valence-electron chi connectivity index (χ2n) is 12.6. The molecule has 6 aromatic carbocycles. The predicted molar refractivity (Wildman–Crippen MR) is 192 cm³/mol. The molecule has 0 fully saturated rings. The summed E-state index contributed by atoms with van der Waals surface area (Å²) in [6.07, 6.45) is 3.52. The first-order chi connectivity index (χ1) is 22.7. The van der Waals surface area contributed by atoms with Crippen molar-refractivity contribution in [1.82, 2.24) is 0 Å². The molecule has 0 unspecified atom stereocenters. The molecular weight excluding hydrogens is 632 g/mol. The first-order valence-electron chi connectivity index (χ1n) is 16.3. The van der Waals surface area contributed by atoms with Crippen molar-refractivity contribution in [2.75, 3.05) is 0 Å². The Hall–Kier alpha value is -4.45. The van der Waals surface area contributed by atoms with E-state index < -0.39 is 21.3 Å². The van der Waals surface area contributed by atoms with Crippen LogP contribution < -0.4 is 0 Å². The molecule has 0 heterocycles. The van der Waals surface area contributed by atoms with Gasteiger partial charge in [-0.1, -0.05) is 0 Å². The van der Waals surface area contributed by atoms with Crippen molar-refractivity contribution < 1.29 is 21.3 Å². The van der Waals surface area contributed by atoms with Crippen LogP contribution in [0.15, 0.2) is 167 Å². The molecular formula is C45H36Zr. The molecule has 2 aliphatic carbocycles. The quantitative estimate of drug-likeness (QED) is 0.166. The van der Waals surface area contributed by atoms with Gasteiger partial charge in [-0.3, -0.25) is 0 Å². The van der Waals surface area contributed by atoms with E-state index in [1.807, 2.05) is 0 Å². The fraction of sp³-hybridized carbons (Fsp3) is 0.0889. The van der Waals surface area contributed by atoms with Crippen LogP contribution in [0.5, 0.6) is 0 Å². The topological polar surface area (TPSA) is 0 Å². The van der Waals surface area contributed by atoms with Crippen molar-refractivity contribution in [3.63, 3.8) is 0 Å². The summed E-state index contributed by atoms with van der Waals surface area (Å²) in [5.41, 5.74) is 16.8. The zero-order valence-electron chi connectivity index (χ0n) is 26.4. The van der Waals surface area contributed by atoms with Crippen molar-refractivity contribution in [2.24, 2.45) is 0 Å². The Bertz CT molecular complexity index is 2060. The number of allylic oxidation sites excluding steroid dienone is 4. The molecule has 0 spiro atoms. The summed E-state index contributed by atoms with van der Waals surface area (Å²) >= 11 is -2.97. The van der Waals surface area contributed by atoms with Gasteiger partial charge < -0.3 is 0 Å². The standard InChI is InChI=1S/C17H13.C15H13.C13H10.Zr/c1-3-7-14(8-4-1)16-11-12-17(13-16)15-9-5-2-6-10-15;1-10-3-5-14-12(7-10)9-13-8-11(2)4-6-15(13)14;1-3-7-12(8-4-1)11-13-9-5-2-6-10-13;/h1-10,13H,11H2;3-9H,1-2H3;1-10H;. The van der Waals surface area contributed by atoms with Gasteiger partial charge in [0.2, 0.25) is 0 Å². The fourth-order valence-electron chi connectivity index (χ4n) is 7.52. The molecule has 0 aliphatic heterocycles. The molecule has 0 nitrogen and oxygen atoms in total. The molecule has 0 bridgehead atoms. The van der Waals surface area contributed by atoms with Crippen LogP contribution in [0, 0.1) is 13.8 Å². The minimum absolute atomic E-state index is 0.361. The van der Waals surface area contributed by atoms with Gasteiger partial charge in [0.05, 0.1) is 0 Å². The van der Waals surface area contributed by atoms with Crippen LogP contribution in [0.4, 0.5) is 0 Å². The Kier molecular flexibility index (Phi) is 7.81. The summed E-state index contributed by atoms with van der Waals surface area (Å²) in [5, 5.41) is 0. The van der Waals surface area contributed by atoms with Crippen LogP contribution in [-0.2, 0) is 21.3 Å². The van der Waals surface area contributed by atoms with Crippen molar-refractivity contribution in [3.05, 3.63) is 212 Å². The van der Waals surface area contributed by atoms with E-state index >= 15 is 0 Å². The molecule has 0 atom stereocenters. The number of hydrogen-bond acceptors (Lipinski definition) is 0. The van der Waals surface area contributed by atoms with E-state index in [4.69, 9.17) is 0 Å². The van der Waals surface area contributed by atoms with Crippen LogP contribution in [-0.4, -0.2) is 3.21 Å². The van der Waals surface area contributed by atoms with Gasteiger partial charge in [0.1, 0.15) is 0 Å². The Balaban J connectivity index is 1.51. The molecule has 0 aromatic heterocycles. The van der Waals surface area contributed by atoms with Crippen molar-refractivity contribution in [2.45, 2.75) is 23.9 Å². The number of fused-ring (bicyclic) bond motifs is 3. The van der Waals surface area contributed by atoms with Gasteiger partial charge in [-0.05, 0) is 0 Å². The second kappa shape index (κ2) is 12.4. The second-order valence-corrected chi connectivity index (χ2v) is 18.8. The zero-order valence-corrected chi connectivity index (χ0v) is 28.8. The average molecular weight is 668 g/mol. The third-order valence-electron chi connectivity index (χ3n) is 9.57. The van der Waals surface area contributed by atoms with Crippen molar-refractivity contribution >= 4 is 14.4 Å². The molecule has 0 saturated heterocycles. The van der Waals surface area contributed by atoms with E-state index in [0.717, 1.165) is 6.42 Å². The number of aryl methyl sites for hydroxylation is 2. The Morgan fingerprint density at radius 3 is 1.48 bits per heavy atom. The van der Waals surface area contributed by atoms with Crippen LogP contribution >= 0.6 is 0 Å². The summed E-state index contributed by atoms with van der Waals surface area (Å²) < 4.78 is 3.63. The van der Waals surface area contributed by atoms with E-state index in [2.05, 4.69) is 178 Å². The summed E-state index contributed by atoms with van der Waals surface area (Å²) in [5.74, 6) is 0. The predicted octanol–water partition coefficient (Wildman–Crippen LogP) is 11.2. The van der Waals surface area contributed by atoms with Crippen LogP contribution in [0.1, 0.15) is 54.6 Å². The van der Waals surface area contributed by atoms with Crippen LogP contribution in [0.2, 0.25) is 0 Å². The van der Waals surface area contributed by atoms with E-state index in [-0.39, 0.29) is 0 Å². The maximum atomic E-state index is 2.53. The first-order valence-corrected chi connectivity index (χ1v) is 20.1. The Labute approximate surface area is 280 Å². The molecule has 0 saturated carbocycles. The third kappa shape index (κ3) is 5.28. The molecule has 1 heteroatoms. The normalized spacial score (nSPS) is 13.7. The molecule has 0 N–H and O–H groups in total. The Morgan fingerprint density at radius 2 is 0.978 bits per heavy atom. The Morgan fingerprint density at radius 1 is 0.522 bits per heavy atom. The summed E-state index contributed by atoms with van der Waals surface area (Å²) in [6, 6.07) is 59.2. The van der Waals surface area contributed by atoms with Gasteiger partial charge >= 0.3 is 282 Å². The van der Waals surface area contributed by atoms with Gasteiger partial charge in [-0.2, -0.15) is 0 Å². The van der Waals surface area contributed by atoms with Gasteiger partial charge in [0.25, 0.3) is 0 Å². The molecule has 0 amide bonds. The molecule has 2 aliphatic rings. The maximum absolute atomic E-state index is 2.97. The van der Waals surface area contributed by atoms with Gasteiger partial charge in [-0.15, -0.1) is 0 Å². The monoisotopic (exact) mass is 666 g/mol. The first kappa shape index (κ1) is 29.0. The van der Waals surface area contributed by atoms with E-state index in [1.165, 1.54) is 66.8 Å². The summed E-state index contributed by atoms with van der Waals surface area (Å²) in [7, 11) is 0. The fourth-order valence-corrected chi connectivity index (χ4v) is 17.1. The van der Waals surface area contributed by atoms with Crippen LogP contribution in [0.25, 0.3) is 22.3 Å². The van der Waals surface area contributed by atoms with E-state index in [1.54, 1.807) is 6.49 Å². The van der Waals surface area contributed by atoms with E-state index in [9.17, 15) is 0 Å². The molecule has 46 heavy (non-hydrogen) atoms. The number of benzene rings is 6. The molecule has 220 valence electrons. The zero-order chi connectivity index (χ0) is 31.0. The minimum atomic E-state index is -2.97. The average Bonchev–Trinajstić information content (AvgIpc) is 3.68. The third-order valence-corrected chi connectivity index (χ3v) is 18.0. The summed E-state index contributed by atoms with van der Waals surface area (Å²) in [6.45, 7) is 4.51. The van der Waals surface area contributed by atoms with Gasteiger partial charge in [-0.25, -0.2) is 0 Å². The van der Waals surface area contributed by atoms with Crippen molar-refractivity contribution in [1.29, 1.82) is 0 Å². The van der Waals surface area contributed by atoms with Crippen LogP contribution in [0.3, 0.4) is 0 Å². The molecule has 6 aromatic rings. The molecule has 8 rings (SSSR count). The molecule has 0 radical (unpaired) electrons. The van der Waals surface area contributed by atoms with Gasteiger partial charge in [0.15, 0.2) is 0 Å². The summed E-state index contributed by atoms with van der Waals surface area (Å²) in [4.78, 5) is 0.